The summed E-state index contributed by atoms with van der Waals surface area (Å²) < 4.78 is 5.28. The normalized spacial score (nSPS) is 16.0. The predicted molar refractivity (Wildman–Crippen MR) is 122 cm³/mol. The molecule has 0 saturated carbocycles. The first-order chi connectivity index (χ1) is 15.9. The number of hydrogen-bond acceptors (Lipinski definition) is 6. The third-order valence-electron chi connectivity index (χ3n) is 5.48. The highest BCUT2D eigenvalue weighted by Crippen LogP contribution is 2.43. The Labute approximate surface area is 190 Å². The first-order valence-corrected chi connectivity index (χ1v) is 10.1. The first kappa shape index (κ1) is 21.8. The van der Waals surface area contributed by atoms with Gasteiger partial charge in [0.05, 0.1) is 19.2 Å². The summed E-state index contributed by atoms with van der Waals surface area (Å²) in [5, 5.41) is 30.2. The van der Waals surface area contributed by atoms with Gasteiger partial charge in [-0.2, -0.15) is 0 Å². The molecule has 3 N–H and O–H groups in total. The highest BCUT2D eigenvalue weighted by molar-refractivity contribution is 6.03. The summed E-state index contributed by atoms with van der Waals surface area (Å²) in [6, 6.07) is 22.7. The molecule has 8 heteroatoms. The van der Waals surface area contributed by atoms with Crippen molar-refractivity contribution < 1.29 is 29.6 Å². The second-order valence-electron chi connectivity index (χ2n) is 7.41. The molecular formula is C25H22N2O6. The van der Waals surface area contributed by atoms with Gasteiger partial charge in [0.15, 0.2) is 11.5 Å². The molecule has 0 spiro atoms. The molecule has 0 radical (unpaired) electrons. The number of phenols is 1. The van der Waals surface area contributed by atoms with Crippen molar-refractivity contribution in [2.45, 2.75) is 6.17 Å². The lowest BCUT2D eigenvalue weighted by Gasteiger charge is -2.46. The number of ether oxygens (including phenoxy) is 1. The maximum absolute atomic E-state index is 12.4. The number of carboxylic acids is 2. The molecular weight excluding hydrogens is 424 g/mol. The number of rotatable bonds is 6. The van der Waals surface area contributed by atoms with Crippen molar-refractivity contribution in [3.8, 4) is 11.5 Å². The van der Waals surface area contributed by atoms with Gasteiger partial charge >= 0.3 is 11.9 Å². The third kappa shape index (κ3) is 4.06. The zero-order chi connectivity index (χ0) is 23.5. The Kier molecular flexibility index (Phi) is 5.91. The van der Waals surface area contributed by atoms with Crippen LogP contribution in [-0.2, 0) is 9.59 Å². The molecule has 0 amide bonds. The van der Waals surface area contributed by atoms with Gasteiger partial charge in [0.2, 0.25) is 0 Å². The van der Waals surface area contributed by atoms with Gasteiger partial charge in [-0.15, -0.1) is 0 Å². The number of benzene rings is 3. The number of hydrogen-bond donors (Lipinski definition) is 3. The maximum Gasteiger partial charge on any atom is 0.353 e. The van der Waals surface area contributed by atoms with Crippen LogP contribution in [0.5, 0.6) is 11.5 Å². The molecule has 1 aliphatic rings. The van der Waals surface area contributed by atoms with E-state index >= 15 is 0 Å². The molecule has 3 aromatic rings. The SMILES string of the molecule is COc1cc(C2N(c3ccccc3)CC(C(=O)O)=C(C(=O)O)N2c2ccccc2)ccc1O. The molecule has 33 heavy (non-hydrogen) atoms. The fourth-order valence-corrected chi connectivity index (χ4v) is 4.03. The van der Waals surface area contributed by atoms with Crippen LogP contribution in [0.25, 0.3) is 0 Å². The predicted octanol–water partition coefficient (Wildman–Crippen LogP) is 3.85. The van der Waals surface area contributed by atoms with E-state index in [4.69, 9.17) is 4.74 Å². The molecule has 0 bridgehead atoms. The summed E-state index contributed by atoms with van der Waals surface area (Å²) in [7, 11) is 1.43. The van der Waals surface area contributed by atoms with Crippen molar-refractivity contribution in [3.05, 3.63) is 95.7 Å². The highest BCUT2D eigenvalue weighted by atomic mass is 16.5. The van der Waals surface area contributed by atoms with Gasteiger partial charge < -0.3 is 29.9 Å². The Morgan fingerprint density at radius 3 is 2.03 bits per heavy atom. The van der Waals surface area contributed by atoms with Crippen LogP contribution in [0.2, 0.25) is 0 Å². The molecule has 1 heterocycles. The zero-order valence-corrected chi connectivity index (χ0v) is 17.8. The fourth-order valence-electron chi connectivity index (χ4n) is 4.03. The molecule has 0 aromatic heterocycles. The number of aromatic hydroxyl groups is 1. The van der Waals surface area contributed by atoms with Crippen molar-refractivity contribution in [1.29, 1.82) is 0 Å². The summed E-state index contributed by atoms with van der Waals surface area (Å²) in [4.78, 5) is 27.9. The first-order valence-electron chi connectivity index (χ1n) is 10.1. The minimum absolute atomic E-state index is 0.0604. The Morgan fingerprint density at radius 2 is 1.48 bits per heavy atom. The lowest BCUT2D eigenvalue weighted by Crippen LogP contribution is -2.50. The van der Waals surface area contributed by atoms with E-state index in [9.17, 15) is 24.9 Å². The van der Waals surface area contributed by atoms with Crippen LogP contribution in [0.4, 0.5) is 11.4 Å². The third-order valence-corrected chi connectivity index (χ3v) is 5.48. The van der Waals surface area contributed by atoms with E-state index in [-0.39, 0.29) is 29.3 Å². The number of aliphatic carboxylic acids is 2. The summed E-state index contributed by atoms with van der Waals surface area (Å²) in [5.74, 6) is -2.50. The fraction of sp³-hybridized carbons (Fsp3) is 0.120. The molecule has 3 aromatic carbocycles. The van der Waals surface area contributed by atoms with Crippen LogP contribution in [0.15, 0.2) is 90.1 Å². The molecule has 1 aliphatic heterocycles. The quantitative estimate of drug-likeness (QED) is 0.524. The van der Waals surface area contributed by atoms with Crippen LogP contribution in [-0.4, -0.2) is 40.9 Å². The van der Waals surface area contributed by atoms with E-state index in [2.05, 4.69) is 0 Å². The van der Waals surface area contributed by atoms with Crippen LogP contribution < -0.4 is 14.5 Å². The van der Waals surface area contributed by atoms with E-state index in [0.29, 0.717) is 16.9 Å². The zero-order valence-electron chi connectivity index (χ0n) is 17.8. The monoisotopic (exact) mass is 446 g/mol. The van der Waals surface area contributed by atoms with Crippen LogP contribution in [0, 0.1) is 0 Å². The van der Waals surface area contributed by atoms with Gasteiger partial charge in [0.25, 0.3) is 0 Å². The number of carbonyl (C=O) groups is 2. The minimum Gasteiger partial charge on any atom is -0.504 e. The molecule has 168 valence electrons. The molecule has 1 atom stereocenters. The van der Waals surface area contributed by atoms with Crippen LogP contribution in [0.1, 0.15) is 11.7 Å². The van der Waals surface area contributed by atoms with Crippen molar-refractivity contribution >= 4 is 23.3 Å². The van der Waals surface area contributed by atoms with Crippen molar-refractivity contribution in [3.63, 3.8) is 0 Å². The summed E-state index contributed by atoms with van der Waals surface area (Å²) >= 11 is 0. The minimum atomic E-state index is -1.35. The topological polar surface area (TPSA) is 111 Å². The van der Waals surface area contributed by atoms with Crippen molar-refractivity contribution in [1.82, 2.24) is 0 Å². The van der Waals surface area contributed by atoms with Gasteiger partial charge in [-0.05, 0) is 42.0 Å². The summed E-state index contributed by atoms with van der Waals surface area (Å²) in [5.41, 5.74) is 1.26. The lowest BCUT2D eigenvalue weighted by atomic mass is 9.99. The molecule has 8 nitrogen and oxygen atoms in total. The van der Waals surface area contributed by atoms with E-state index in [1.807, 2.05) is 35.2 Å². The Morgan fingerprint density at radius 1 is 0.879 bits per heavy atom. The van der Waals surface area contributed by atoms with Crippen molar-refractivity contribution in [2.24, 2.45) is 0 Å². The smallest absolute Gasteiger partial charge is 0.353 e. The van der Waals surface area contributed by atoms with Gasteiger partial charge in [0.1, 0.15) is 11.9 Å². The Hall–Kier alpha value is -4.46. The van der Waals surface area contributed by atoms with Crippen LogP contribution in [0.3, 0.4) is 0 Å². The Balaban J connectivity index is 2.04. The van der Waals surface area contributed by atoms with Gasteiger partial charge in [0, 0.05) is 11.4 Å². The summed E-state index contributed by atoms with van der Waals surface area (Å²) in [6.07, 6.45) is -0.738. The van der Waals surface area contributed by atoms with E-state index in [1.165, 1.54) is 18.1 Å². The number of anilines is 2. The van der Waals surface area contributed by atoms with Gasteiger partial charge in [-0.1, -0.05) is 42.5 Å². The van der Waals surface area contributed by atoms with E-state index < -0.39 is 18.1 Å². The second-order valence-corrected chi connectivity index (χ2v) is 7.41. The molecule has 0 fully saturated rings. The molecule has 0 saturated heterocycles. The van der Waals surface area contributed by atoms with Gasteiger partial charge in [-0.25, -0.2) is 9.59 Å². The average Bonchev–Trinajstić information content (AvgIpc) is 2.84. The van der Waals surface area contributed by atoms with E-state index in [0.717, 1.165) is 0 Å². The molecule has 0 aliphatic carbocycles. The lowest BCUT2D eigenvalue weighted by molar-refractivity contribution is -0.136. The average molecular weight is 446 g/mol. The summed E-state index contributed by atoms with van der Waals surface area (Å²) in [6.45, 7) is -0.141. The number of nitrogens with zero attached hydrogens (tertiary/aromatic N) is 2. The number of carboxylic acid groups (broad SMARTS) is 2. The number of methoxy groups -OCH3 is 1. The van der Waals surface area contributed by atoms with Crippen molar-refractivity contribution in [2.75, 3.05) is 23.5 Å². The second kappa shape index (κ2) is 8.96. The van der Waals surface area contributed by atoms with Crippen LogP contribution >= 0.6 is 0 Å². The molecule has 4 rings (SSSR count). The standard InChI is InChI=1S/C25H22N2O6/c1-33-21-14-16(12-13-20(21)28)23-26(17-8-4-2-5-9-17)15-19(24(29)30)22(25(31)32)27(23)18-10-6-3-7-11-18/h2-14,23,28H,15H2,1H3,(H,29,30)(H,31,32). The number of phenolic OH excluding ortho intramolecular Hbond substituents is 1. The highest BCUT2D eigenvalue weighted by Gasteiger charge is 2.41. The largest absolute Gasteiger partial charge is 0.504 e. The maximum atomic E-state index is 12.4. The van der Waals surface area contributed by atoms with E-state index in [1.54, 1.807) is 42.5 Å². The van der Waals surface area contributed by atoms with Gasteiger partial charge in [-0.3, -0.25) is 0 Å². The molecule has 1 unspecified atom stereocenters. The number of para-hydroxylation sites is 2. The Bertz CT molecular complexity index is 1210.